The van der Waals surface area contributed by atoms with Crippen LogP contribution in [-0.4, -0.2) is 16.7 Å². The highest BCUT2D eigenvalue weighted by molar-refractivity contribution is 7.03. The summed E-state index contributed by atoms with van der Waals surface area (Å²) in [5, 5.41) is 4.98. The van der Waals surface area contributed by atoms with Crippen molar-refractivity contribution in [2.24, 2.45) is 0 Å². The average Bonchev–Trinajstić information content (AvgIpc) is 3.39. The Labute approximate surface area is 445 Å². The van der Waals surface area contributed by atoms with Gasteiger partial charge in [0.2, 0.25) is 0 Å². The van der Waals surface area contributed by atoms with Crippen LogP contribution in [0.5, 0.6) is 0 Å². The molecule has 1 aromatic heterocycles. The largest absolute Gasteiger partial charge is 0.311 e. The zero-order valence-corrected chi connectivity index (χ0v) is 45.8. The second kappa shape index (κ2) is 17.4. The highest BCUT2D eigenvalue weighted by Crippen LogP contribution is 2.50. The van der Waals surface area contributed by atoms with Gasteiger partial charge in [-0.2, -0.15) is 0 Å². The van der Waals surface area contributed by atoms with E-state index in [9.17, 15) is 0 Å². The molecule has 0 radical (unpaired) electrons. The van der Waals surface area contributed by atoms with Crippen LogP contribution in [0.4, 0.5) is 34.1 Å². The molecule has 12 rings (SSSR count). The zero-order chi connectivity index (χ0) is 52.3. The summed E-state index contributed by atoms with van der Waals surface area (Å²) >= 11 is 0. The molecule has 9 aromatic carbocycles. The van der Waals surface area contributed by atoms with E-state index in [1.54, 1.807) is 0 Å². The van der Waals surface area contributed by atoms with Crippen LogP contribution in [0.1, 0.15) is 105 Å². The molecule has 75 heavy (non-hydrogen) atoms. The van der Waals surface area contributed by atoms with Crippen LogP contribution < -0.4 is 26.2 Å². The van der Waals surface area contributed by atoms with E-state index in [0.29, 0.717) is 5.82 Å². The predicted molar refractivity (Wildman–Crippen MR) is 322 cm³/mol. The summed E-state index contributed by atoms with van der Waals surface area (Å²) in [6.45, 7) is 28.0. The van der Waals surface area contributed by atoms with Gasteiger partial charge >= 0.3 is 0 Å². The maximum absolute atomic E-state index is 5.56. The van der Waals surface area contributed by atoms with E-state index in [1.165, 1.54) is 71.6 Å². The van der Waals surface area contributed by atoms with E-state index < -0.39 is 0 Å². The lowest BCUT2D eigenvalue weighted by Gasteiger charge is -2.45. The minimum absolute atomic E-state index is 0.112. The third kappa shape index (κ3) is 8.42. The Bertz CT molecular complexity index is 3570. The summed E-state index contributed by atoms with van der Waals surface area (Å²) in [6, 6.07) is 70.3. The van der Waals surface area contributed by atoms with Crippen molar-refractivity contribution in [1.82, 2.24) is 9.97 Å². The first kappa shape index (κ1) is 48.2. The summed E-state index contributed by atoms with van der Waals surface area (Å²) < 4.78 is 0. The molecule has 0 saturated carbocycles. The average molecular weight is 975 g/mol. The molecule has 0 saturated heterocycles. The normalized spacial score (nSPS) is 13.5. The summed E-state index contributed by atoms with van der Waals surface area (Å²) in [5.41, 5.74) is 20.4. The highest BCUT2D eigenvalue weighted by atomic mass is 15.2. The van der Waals surface area contributed by atoms with Gasteiger partial charge in [-0.3, -0.25) is 0 Å². The molecule has 0 N–H and O–H groups in total. The molecule has 3 heterocycles. The molecule has 0 bridgehead atoms. The van der Waals surface area contributed by atoms with Gasteiger partial charge in [-0.05, 0) is 136 Å². The third-order valence-corrected chi connectivity index (χ3v) is 15.8. The Balaban J connectivity index is 1.28. The molecule has 0 aliphatic carbocycles. The van der Waals surface area contributed by atoms with Crippen molar-refractivity contribution in [3.63, 3.8) is 0 Å². The van der Waals surface area contributed by atoms with Gasteiger partial charge < -0.3 is 9.80 Å². The third-order valence-electron chi connectivity index (χ3n) is 15.8. The molecule has 4 nitrogen and oxygen atoms in total. The molecule has 0 amide bonds. The van der Waals surface area contributed by atoms with E-state index >= 15 is 0 Å². The summed E-state index contributed by atoms with van der Waals surface area (Å²) in [6.07, 6.45) is 0. The van der Waals surface area contributed by atoms with E-state index in [2.05, 4.69) is 281 Å². The van der Waals surface area contributed by atoms with Crippen LogP contribution in [-0.2, 0) is 21.7 Å². The summed E-state index contributed by atoms with van der Waals surface area (Å²) in [5.74, 6) is 0.678. The predicted octanol–water partition coefficient (Wildman–Crippen LogP) is 17.1. The number of fused-ring (bicyclic) bond motifs is 8. The number of rotatable bonds is 5. The Kier molecular flexibility index (Phi) is 11.2. The Morgan fingerprint density at radius 2 is 0.680 bits per heavy atom. The minimum Gasteiger partial charge on any atom is -0.311 e. The first-order chi connectivity index (χ1) is 35.7. The monoisotopic (exact) mass is 975 g/mol. The van der Waals surface area contributed by atoms with Crippen molar-refractivity contribution in [3.8, 4) is 33.9 Å². The maximum Gasteiger partial charge on any atom is 0.253 e. The second-order valence-electron chi connectivity index (χ2n) is 25.2. The van der Waals surface area contributed by atoms with Gasteiger partial charge in [0.05, 0.1) is 11.4 Å². The fourth-order valence-corrected chi connectivity index (χ4v) is 11.5. The van der Waals surface area contributed by atoms with Crippen molar-refractivity contribution in [3.05, 3.63) is 210 Å². The minimum atomic E-state index is -0.129. The number of hydrogen-bond donors (Lipinski definition) is 0. The van der Waals surface area contributed by atoms with Gasteiger partial charge in [0, 0.05) is 50.8 Å². The fraction of sp³-hybridized carbons (Fsp3) is 0.229. The van der Waals surface area contributed by atoms with Crippen molar-refractivity contribution < 1.29 is 0 Å². The topological polar surface area (TPSA) is 32.3 Å². The van der Waals surface area contributed by atoms with Crippen LogP contribution in [0.15, 0.2) is 188 Å². The standard InChI is InChI=1S/C70H67BN4/c1-67(2,3)49-37-50(68(4,5)6)40-53(39-49)74-59-33-31-44-23-19-21-29-55(44)63(59)71-64-56-30-22-20-24-45(56)32-34-60(64)75(54-41-51(69(7,8)9)38-52(42-54)70(10,11)12)62-36-48(35-61(74)65(62)71)66-72-57(46-25-15-13-16-26-46)43-58(73-66)47-27-17-14-18-28-47/h13-43H,1-12H3. The molecule has 10 aromatic rings. The number of benzene rings is 9. The van der Waals surface area contributed by atoms with Gasteiger partial charge in [-0.15, -0.1) is 0 Å². The maximum atomic E-state index is 5.56. The van der Waals surface area contributed by atoms with E-state index in [-0.39, 0.29) is 28.4 Å². The van der Waals surface area contributed by atoms with Crippen LogP contribution in [0, 0.1) is 0 Å². The lowest BCUT2D eigenvalue weighted by molar-refractivity contribution is 0.568. The van der Waals surface area contributed by atoms with Crippen molar-refractivity contribution in [1.29, 1.82) is 0 Å². The van der Waals surface area contributed by atoms with E-state index in [1.807, 2.05) is 0 Å². The van der Waals surface area contributed by atoms with E-state index in [0.717, 1.165) is 50.8 Å². The summed E-state index contributed by atoms with van der Waals surface area (Å²) in [4.78, 5) is 16.3. The molecule has 2 aliphatic rings. The Morgan fingerprint density at radius 1 is 0.320 bits per heavy atom. The van der Waals surface area contributed by atoms with E-state index in [4.69, 9.17) is 9.97 Å². The Hall–Kier alpha value is -7.76. The number of hydrogen-bond acceptors (Lipinski definition) is 4. The lowest BCUT2D eigenvalue weighted by Crippen LogP contribution is -2.61. The SMILES string of the molecule is CC(C)(C)c1cc(N2c3cc(-c4nc(-c5ccccc5)cc(-c5ccccc5)n4)cc4c3B(c3c2ccc2ccccc32)c2c(ccc3ccccc23)N4c2cc(C(C)(C)C)cc(C(C)(C)C)c2)cc(C(C)(C)C)c1. The molecule has 0 atom stereocenters. The Morgan fingerprint density at radius 3 is 1.05 bits per heavy atom. The molecule has 5 heteroatoms. The van der Waals surface area contributed by atoms with Crippen molar-refractivity contribution in [2.75, 3.05) is 9.80 Å². The number of nitrogens with zero attached hydrogens (tertiary/aromatic N) is 4. The molecule has 0 spiro atoms. The van der Waals surface area contributed by atoms with Crippen molar-refractivity contribution in [2.45, 2.75) is 105 Å². The van der Waals surface area contributed by atoms with Gasteiger partial charge in [-0.25, -0.2) is 9.97 Å². The molecule has 370 valence electrons. The lowest BCUT2D eigenvalue weighted by atomic mass is 9.32. The van der Waals surface area contributed by atoms with Gasteiger partial charge in [-0.1, -0.05) is 217 Å². The molecule has 2 aliphatic heterocycles. The number of aromatic nitrogens is 2. The zero-order valence-electron chi connectivity index (χ0n) is 45.8. The van der Waals surface area contributed by atoms with Crippen LogP contribution >= 0.6 is 0 Å². The second-order valence-corrected chi connectivity index (χ2v) is 25.2. The molecule has 0 fully saturated rings. The number of anilines is 6. The quantitative estimate of drug-likeness (QED) is 0.161. The smallest absolute Gasteiger partial charge is 0.253 e. The van der Waals surface area contributed by atoms with Crippen LogP contribution in [0.2, 0.25) is 0 Å². The first-order valence-corrected chi connectivity index (χ1v) is 26.8. The molecular formula is C70H67BN4. The van der Waals surface area contributed by atoms with Gasteiger partial charge in [0.1, 0.15) is 0 Å². The molecular weight excluding hydrogens is 908 g/mol. The highest BCUT2D eigenvalue weighted by Gasteiger charge is 2.46. The molecule has 0 unspecified atom stereocenters. The van der Waals surface area contributed by atoms with Crippen molar-refractivity contribution >= 4 is 78.8 Å². The van der Waals surface area contributed by atoms with Gasteiger partial charge in [0.25, 0.3) is 6.71 Å². The first-order valence-electron chi connectivity index (χ1n) is 26.8. The van der Waals surface area contributed by atoms with Crippen LogP contribution in [0.3, 0.4) is 0 Å². The summed E-state index contributed by atoms with van der Waals surface area (Å²) in [7, 11) is 0. The van der Waals surface area contributed by atoms with Crippen LogP contribution in [0.25, 0.3) is 55.4 Å². The fourth-order valence-electron chi connectivity index (χ4n) is 11.5. The van der Waals surface area contributed by atoms with Gasteiger partial charge in [0.15, 0.2) is 5.82 Å².